The number of methoxy groups -OCH3 is 1. The van der Waals surface area contributed by atoms with Crippen LogP contribution in [0.15, 0.2) is 24.7 Å². The molecule has 0 unspecified atom stereocenters. The number of hydrogen-bond acceptors (Lipinski definition) is 7. The number of fused-ring (bicyclic) bond motifs is 1. The Bertz CT molecular complexity index is 939. The van der Waals surface area contributed by atoms with Crippen LogP contribution in [-0.4, -0.2) is 56.4 Å². The summed E-state index contributed by atoms with van der Waals surface area (Å²) in [6.07, 6.45) is 3.21. The fourth-order valence-corrected chi connectivity index (χ4v) is 2.58. The zero-order chi connectivity index (χ0) is 18.7. The number of aryl methyl sites for hydroxylation is 1. The van der Waals surface area contributed by atoms with E-state index in [2.05, 4.69) is 20.3 Å². The highest BCUT2D eigenvalue weighted by Crippen LogP contribution is 2.24. The van der Waals surface area contributed by atoms with E-state index in [9.17, 15) is 4.79 Å². The molecule has 1 amide bonds. The molecule has 0 saturated carbocycles. The molecule has 9 heteroatoms. The number of nitrogens with zero attached hydrogens (tertiary/aromatic N) is 6. The molecule has 136 valence electrons. The third kappa shape index (κ3) is 3.56. The summed E-state index contributed by atoms with van der Waals surface area (Å²) in [6, 6.07) is 3.36. The van der Waals surface area contributed by atoms with Gasteiger partial charge >= 0.3 is 0 Å². The Balaban J connectivity index is 1.62. The number of hydrogen-bond donors (Lipinski definition) is 0. The van der Waals surface area contributed by atoms with Crippen molar-refractivity contribution in [2.24, 2.45) is 0 Å². The normalized spacial score (nSPS) is 10.8. The minimum Gasteiger partial charge on any atom is -0.496 e. The highest BCUT2D eigenvalue weighted by atomic mass is 16.5. The Kier molecular flexibility index (Phi) is 4.97. The van der Waals surface area contributed by atoms with Gasteiger partial charge in [-0.05, 0) is 19.9 Å². The van der Waals surface area contributed by atoms with Crippen LogP contribution in [-0.2, 0) is 11.3 Å². The Hall–Kier alpha value is -3.23. The lowest BCUT2D eigenvalue weighted by Crippen LogP contribution is -2.31. The van der Waals surface area contributed by atoms with E-state index < -0.39 is 0 Å². The lowest BCUT2D eigenvalue weighted by molar-refractivity contribution is -0.132. The molecule has 0 aliphatic carbocycles. The number of carbonyl (C=O) groups excluding carboxylic acids is 1. The molecule has 0 N–H and O–H groups in total. The topological polar surface area (TPSA) is 94.7 Å². The van der Waals surface area contributed by atoms with Gasteiger partial charge in [-0.15, -0.1) is 15.3 Å². The largest absolute Gasteiger partial charge is 0.496 e. The van der Waals surface area contributed by atoms with Gasteiger partial charge < -0.3 is 14.4 Å². The van der Waals surface area contributed by atoms with Crippen LogP contribution in [0, 0.1) is 13.8 Å². The molecule has 9 nitrogen and oxygen atoms in total. The highest BCUT2D eigenvalue weighted by Gasteiger charge is 2.15. The average molecular weight is 356 g/mol. The van der Waals surface area contributed by atoms with E-state index in [1.54, 1.807) is 37.4 Å². The number of pyridine rings is 1. The van der Waals surface area contributed by atoms with E-state index in [0.29, 0.717) is 18.1 Å². The molecule has 0 fully saturated rings. The Labute approximate surface area is 150 Å². The van der Waals surface area contributed by atoms with Crippen molar-refractivity contribution in [1.29, 1.82) is 0 Å². The first-order valence-electron chi connectivity index (χ1n) is 8.02. The maximum atomic E-state index is 12.3. The first kappa shape index (κ1) is 17.6. The third-order valence-electron chi connectivity index (χ3n) is 4.04. The van der Waals surface area contributed by atoms with Gasteiger partial charge in [0.2, 0.25) is 5.88 Å². The maximum absolute atomic E-state index is 12.3. The van der Waals surface area contributed by atoms with Crippen LogP contribution in [0.25, 0.3) is 5.65 Å². The van der Waals surface area contributed by atoms with Gasteiger partial charge in [0.05, 0.1) is 19.3 Å². The molecule has 0 saturated heterocycles. The number of rotatable bonds is 6. The molecule has 0 spiro atoms. The van der Waals surface area contributed by atoms with Crippen LogP contribution in [0.2, 0.25) is 0 Å². The second-order valence-corrected chi connectivity index (χ2v) is 5.89. The molecule has 0 atom stereocenters. The first-order valence-corrected chi connectivity index (χ1v) is 8.02. The Morgan fingerprint density at radius 1 is 1.31 bits per heavy atom. The van der Waals surface area contributed by atoms with Gasteiger partial charge in [0.15, 0.2) is 12.3 Å². The van der Waals surface area contributed by atoms with Crippen molar-refractivity contribution in [3.05, 3.63) is 41.5 Å². The SMILES string of the molecule is COc1c(C)cnc(CN(C)C(=O)COc2ccc3nncn3n2)c1C. The van der Waals surface area contributed by atoms with E-state index in [0.717, 1.165) is 22.6 Å². The minimum atomic E-state index is -0.184. The third-order valence-corrected chi connectivity index (χ3v) is 4.04. The van der Waals surface area contributed by atoms with Crippen LogP contribution >= 0.6 is 0 Å². The second-order valence-electron chi connectivity index (χ2n) is 5.89. The van der Waals surface area contributed by atoms with E-state index in [-0.39, 0.29) is 12.5 Å². The van der Waals surface area contributed by atoms with E-state index in [1.807, 2.05) is 13.8 Å². The number of ether oxygens (including phenoxy) is 2. The lowest BCUT2D eigenvalue weighted by Gasteiger charge is -2.19. The smallest absolute Gasteiger partial charge is 0.260 e. The van der Waals surface area contributed by atoms with Crippen molar-refractivity contribution in [3.63, 3.8) is 0 Å². The molecule has 0 aromatic carbocycles. The van der Waals surface area contributed by atoms with Crippen molar-refractivity contribution < 1.29 is 14.3 Å². The van der Waals surface area contributed by atoms with Gasteiger partial charge in [-0.2, -0.15) is 4.52 Å². The zero-order valence-corrected chi connectivity index (χ0v) is 15.1. The Morgan fingerprint density at radius 3 is 2.88 bits per heavy atom. The zero-order valence-electron chi connectivity index (χ0n) is 15.1. The van der Waals surface area contributed by atoms with Crippen LogP contribution < -0.4 is 9.47 Å². The number of carbonyl (C=O) groups is 1. The van der Waals surface area contributed by atoms with Crippen molar-refractivity contribution in [2.75, 3.05) is 20.8 Å². The molecule has 0 aliphatic heterocycles. The molecule has 3 rings (SSSR count). The van der Waals surface area contributed by atoms with Crippen LogP contribution in [0.3, 0.4) is 0 Å². The fraction of sp³-hybridized carbons (Fsp3) is 0.353. The fourth-order valence-electron chi connectivity index (χ4n) is 2.58. The maximum Gasteiger partial charge on any atom is 0.260 e. The molecule has 0 bridgehead atoms. The van der Waals surface area contributed by atoms with Crippen LogP contribution in [0.5, 0.6) is 11.6 Å². The predicted octanol–water partition coefficient (Wildman–Crippen LogP) is 1.18. The summed E-state index contributed by atoms with van der Waals surface area (Å²) in [5.74, 6) is 0.931. The summed E-state index contributed by atoms with van der Waals surface area (Å²) < 4.78 is 12.4. The van der Waals surface area contributed by atoms with Gasteiger partial charge in [-0.3, -0.25) is 9.78 Å². The van der Waals surface area contributed by atoms with Gasteiger partial charge in [0, 0.05) is 30.4 Å². The monoisotopic (exact) mass is 356 g/mol. The van der Waals surface area contributed by atoms with Crippen molar-refractivity contribution >= 4 is 11.6 Å². The predicted molar refractivity (Wildman–Crippen MR) is 93.0 cm³/mol. The van der Waals surface area contributed by atoms with Gasteiger partial charge in [0.1, 0.15) is 12.1 Å². The van der Waals surface area contributed by atoms with Crippen LogP contribution in [0.1, 0.15) is 16.8 Å². The van der Waals surface area contributed by atoms with Crippen LogP contribution in [0.4, 0.5) is 0 Å². The van der Waals surface area contributed by atoms with Crippen molar-refractivity contribution in [3.8, 4) is 11.6 Å². The Morgan fingerprint density at radius 2 is 2.12 bits per heavy atom. The summed E-state index contributed by atoms with van der Waals surface area (Å²) in [5, 5.41) is 11.8. The number of likely N-dealkylation sites (N-methyl/N-ethyl adjacent to an activating group) is 1. The van der Waals surface area contributed by atoms with Gasteiger partial charge in [0.25, 0.3) is 5.91 Å². The van der Waals surface area contributed by atoms with E-state index >= 15 is 0 Å². The van der Waals surface area contributed by atoms with Crippen molar-refractivity contribution in [2.45, 2.75) is 20.4 Å². The summed E-state index contributed by atoms with van der Waals surface area (Å²) >= 11 is 0. The number of aromatic nitrogens is 5. The first-order chi connectivity index (χ1) is 12.5. The van der Waals surface area contributed by atoms with E-state index in [1.165, 1.54) is 10.8 Å². The molecular formula is C17H20N6O3. The average Bonchev–Trinajstić information content (AvgIpc) is 3.10. The summed E-state index contributed by atoms with van der Waals surface area (Å²) in [7, 11) is 3.33. The quantitative estimate of drug-likeness (QED) is 0.654. The lowest BCUT2D eigenvalue weighted by atomic mass is 10.1. The standard InChI is InChI=1S/C17H20N6O3/c1-11-7-18-13(12(2)17(11)25-4)8-22(3)16(24)9-26-15-6-5-14-20-19-10-23(14)21-15/h5-7,10H,8-9H2,1-4H3. The second kappa shape index (κ2) is 7.34. The molecule has 0 aliphatic rings. The summed E-state index contributed by atoms with van der Waals surface area (Å²) in [4.78, 5) is 18.3. The highest BCUT2D eigenvalue weighted by molar-refractivity contribution is 5.77. The minimum absolute atomic E-state index is 0.126. The summed E-state index contributed by atoms with van der Waals surface area (Å²) in [6.45, 7) is 4.11. The molecule has 3 aromatic heterocycles. The molecule has 3 heterocycles. The molecule has 3 aromatic rings. The molecular weight excluding hydrogens is 336 g/mol. The van der Waals surface area contributed by atoms with Gasteiger partial charge in [-0.25, -0.2) is 0 Å². The molecule has 26 heavy (non-hydrogen) atoms. The van der Waals surface area contributed by atoms with Gasteiger partial charge in [-0.1, -0.05) is 0 Å². The van der Waals surface area contributed by atoms with Crippen molar-refractivity contribution in [1.82, 2.24) is 29.7 Å². The molecule has 0 radical (unpaired) electrons. The summed E-state index contributed by atoms with van der Waals surface area (Å²) in [5.41, 5.74) is 3.28. The van der Waals surface area contributed by atoms with E-state index in [4.69, 9.17) is 9.47 Å². The number of amides is 1.